The van der Waals surface area contributed by atoms with Crippen LogP contribution in [0.25, 0.3) is 11.4 Å². The lowest BCUT2D eigenvalue weighted by molar-refractivity contribution is 0.720. The molecule has 2 heterocycles. The summed E-state index contributed by atoms with van der Waals surface area (Å²) in [6.07, 6.45) is 1.61. The third kappa shape index (κ3) is 5.09. The number of aryl methyl sites for hydroxylation is 1. The van der Waals surface area contributed by atoms with Gasteiger partial charge in [-0.3, -0.25) is 0 Å². The fourth-order valence-electron chi connectivity index (χ4n) is 2.43. The molecule has 1 aliphatic heterocycles. The van der Waals surface area contributed by atoms with E-state index in [1.807, 2.05) is 25.1 Å². The monoisotopic (exact) mass is 401 g/mol. The number of aliphatic imine (C=N–C) groups is 1. The summed E-state index contributed by atoms with van der Waals surface area (Å²) in [7, 11) is 0. The van der Waals surface area contributed by atoms with Crippen molar-refractivity contribution in [2.24, 2.45) is 4.99 Å². The molecule has 0 atom stereocenters. The summed E-state index contributed by atoms with van der Waals surface area (Å²) < 4.78 is 0. The van der Waals surface area contributed by atoms with Gasteiger partial charge in [0.05, 0.1) is 17.8 Å². The van der Waals surface area contributed by atoms with Gasteiger partial charge in [-0.25, -0.2) is 15.0 Å². The molecule has 27 heavy (non-hydrogen) atoms. The molecule has 0 fully saturated rings. The Morgan fingerprint density at radius 3 is 2.70 bits per heavy atom. The molecule has 0 saturated heterocycles. The van der Waals surface area contributed by atoms with Crippen LogP contribution in [0.1, 0.15) is 5.69 Å². The van der Waals surface area contributed by atoms with Gasteiger partial charge in [-0.15, -0.1) is 0 Å². The molecule has 138 valence electrons. The zero-order valence-electron chi connectivity index (χ0n) is 14.6. The maximum atomic E-state index is 8.77. The van der Waals surface area contributed by atoms with Gasteiger partial charge in [0.2, 0.25) is 0 Å². The standard InChI is InChI=1S/C18H17Cl2N7/c1-11-6-16(22-4-5-23-17-10-24-13(8-21)9-25-17)27-18(26-11)14-3-2-12(19)7-15(14)20/h2-3,6-7,10,23,25H,4-5,9H2,1H3,(H,22,26,27). The molecule has 1 aliphatic rings. The SMILES string of the molecule is Cc1cc(NCCNC2=CN=C(C#N)CN2)nc(-c2ccc(Cl)cc2Cl)n1. The highest BCUT2D eigenvalue weighted by molar-refractivity contribution is 6.36. The molecule has 0 amide bonds. The second kappa shape index (κ2) is 8.71. The van der Waals surface area contributed by atoms with E-state index in [0.29, 0.717) is 47.0 Å². The van der Waals surface area contributed by atoms with Gasteiger partial charge in [0.1, 0.15) is 23.4 Å². The first-order valence-corrected chi connectivity index (χ1v) is 9.00. The van der Waals surface area contributed by atoms with Crippen molar-refractivity contribution in [3.63, 3.8) is 0 Å². The molecule has 0 radical (unpaired) electrons. The molecule has 3 rings (SSSR count). The quantitative estimate of drug-likeness (QED) is 0.643. The van der Waals surface area contributed by atoms with E-state index in [1.165, 1.54) is 0 Å². The molecule has 0 bridgehead atoms. The number of hydrogen-bond acceptors (Lipinski definition) is 7. The number of nitrogens with one attached hydrogen (secondary N) is 3. The van der Waals surface area contributed by atoms with Gasteiger partial charge in [-0.05, 0) is 25.1 Å². The molecule has 9 heteroatoms. The smallest absolute Gasteiger partial charge is 0.163 e. The minimum absolute atomic E-state index is 0.430. The Balaban J connectivity index is 1.61. The second-order valence-corrected chi connectivity index (χ2v) is 6.62. The molecule has 3 N–H and O–H groups in total. The van der Waals surface area contributed by atoms with Crippen molar-refractivity contribution in [1.82, 2.24) is 20.6 Å². The first-order valence-electron chi connectivity index (χ1n) is 8.25. The number of anilines is 1. The van der Waals surface area contributed by atoms with Crippen LogP contribution < -0.4 is 16.0 Å². The third-order valence-corrected chi connectivity index (χ3v) is 4.25. The average Bonchev–Trinajstić information content (AvgIpc) is 2.65. The summed E-state index contributed by atoms with van der Waals surface area (Å²) >= 11 is 12.2. The zero-order valence-corrected chi connectivity index (χ0v) is 16.1. The van der Waals surface area contributed by atoms with Crippen molar-refractivity contribution in [3.8, 4) is 17.5 Å². The molecular weight excluding hydrogens is 385 g/mol. The Kier molecular flexibility index (Phi) is 6.12. The maximum absolute atomic E-state index is 8.77. The summed E-state index contributed by atoms with van der Waals surface area (Å²) in [6, 6.07) is 9.13. The van der Waals surface area contributed by atoms with Gasteiger partial charge >= 0.3 is 0 Å². The highest BCUT2D eigenvalue weighted by Crippen LogP contribution is 2.28. The topological polar surface area (TPSA) is 98.0 Å². The fourth-order valence-corrected chi connectivity index (χ4v) is 2.92. The summed E-state index contributed by atoms with van der Waals surface area (Å²) in [6.45, 7) is 3.62. The number of nitrogens with zero attached hydrogens (tertiary/aromatic N) is 4. The van der Waals surface area contributed by atoms with Crippen LogP contribution in [0, 0.1) is 18.3 Å². The van der Waals surface area contributed by atoms with E-state index in [9.17, 15) is 0 Å². The van der Waals surface area contributed by atoms with E-state index in [1.54, 1.807) is 18.3 Å². The van der Waals surface area contributed by atoms with E-state index in [0.717, 1.165) is 17.1 Å². The number of benzene rings is 1. The van der Waals surface area contributed by atoms with Crippen molar-refractivity contribution in [2.45, 2.75) is 6.92 Å². The molecule has 0 saturated carbocycles. The molecule has 1 aromatic carbocycles. The van der Waals surface area contributed by atoms with Gasteiger partial charge < -0.3 is 16.0 Å². The normalized spacial score (nSPS) is 13.1. The largest absolute Gasteiger partial charge is 0.369 e. The highest BCUT2D eigenvalue weighted by Gasteiger charge is 2.10. The lowest BCUT2D eigenvalue weighted by atomic mass is 10.2. The third-order valence-electron chi connectivity index (χ3n) is 3.70. The van der Waals surface area contributed by atoms with Crippen LogP contribution in [0.2, 0.25) is 10.0 Å². The number of hydrogen-bond donors (Lipinski definition) is 3. The maximum Gasteiger partial charge on any atom is 0.163 e. The number of rotatable bonds is 6. The summed E-state index contributed by atoms with van der Waals surface area (Å²) in [4.78, 5) is 13.0. The van der Waals surface area contributed by atoms with E-state index in [-0.39, 0.29) is 0 Å². The van der Waals surface area contributed by atoms with Crippen molar-refractivity contribution in [2.75, 3.05) is 25.0 Å². The lowest BCUT2D eigenvalue weighted by Crippen LogP contribution is -2.34. The number of halogens is 2. The lowest BCUT2D eigenvalue weighted by Gasteiger charge is -2.15. The van der Waals surface area contributed by atoms with Crippen LogP contribution in [0.3, 0.4) is 0 Å². The molecule has 1 aromatic heterocycles. The number of aromatic nitrogens is 2. The van der Waals surface area contributed by atoms with Gasteiger partial charge in [0.25, 0.3) is 0 Å². The first-order chi connectivity index (χ1) is 13.0. The van der Waals surface area contributed by atoms with Gasteiger partial charge in [0, 0.05) is 35.4 Å². The Bertz CT molecular complexity index is 947. The van der Waals surface area contributed by atoms with Crippen molar-refractivity contribution < 1.29 is 0 Å². The Labute approximate surface area is 167 Å². The Morgan fingerprint density at radius 2 is 2.00 bits per heavy atom. The Hall–Kier alpha value is -2.82. The highest BCUT2D eigenvalue weighted by atomic mass is 35.5. The van der Waals surface area contributed by atoms with Crippen molar-refractivity contribution >= 4 is 34.7 Å². The van der Waals surface area contributed by atoms with Crippen LogP contribution in [0.4, 0.5) is 5.82 Å². The van der Waals surface area contributed by atoms with E-state index < -0.39 is 0 Å². The van der Waals surface area contributed by atoms with Crippen molar-refractivity contribution in [1.29, 1.82) is 5.26 Å². The summed E-state index contributed by atoms with van der Waals surface area (Å²) in [5.41, 5.74) is 2.02. The molecule has 2 aromatic rings. The first kappa shape index (κ1) is 19.0. The van der Waals surface area contributed by atoms with Crippen molar-refractivity contribution in [3.05, 3.63) is 52.0 Å². The molecule has 0 aliphatic carbocycles. The summed E-state index contributed by atoms with van der Waals surface area (Å²) in [5.74, 6) is 2.03. The van der Waals surface area contributed by atoms with Crippen LogP contribution in [-0.4, -0.2) is 35.3 Å². The van der Waals surface area contributed by atoms with Crippen LogP contribution in [0.5, 0.6) is 0 Å². The molecule has 0 spiro atoms. The van der Waals surface area contributed by atoms with Gasteiger partial charge in [-0.1, -0.05) is 23.2 Å². The minimum Gasteiger partial charge on any atom is -0.369 e. The fraction of sp³-hybridized carbons (Fsp3) is 0.222. The van der Waals surface area contributed by atoms with E-state index in [2.05, 4.69) is 30.9 Å². The zero-order chi connectivity index (χ0) is 19.2. The predicted molar refractivity (Wildman–Crippen MR) is 108 cm³/mol. The van der Waals surface area contributed by atoms with Crippen LogP contribution in [-0.2, 0) is 0 Å². The van der Waals surface area contributed by atoms with E-state index in [4.69, 9.17) is 28.5 Å². The predicted octanol–water partition coefficient (Wildman–Crippen LogP) is 3.13. The van der Waals surface area contributed by atoms with Gasteiger partial charge in [-0.2, -0.15) is 5.26 Å². The molecule has 7 nitrogen and oxygen atoms in total. The van der Waals surface area contributed by atoms with Crippen LogP contribution in [0.15, 0.2) is 41.3 Å². The molecular formula is C18H17Cl2N7. The molecule has 0 unspecified atom stereocenters. The van der Waals surface area contributed by atoms with E-state index >= 15 is 0 Å². The average molecular weight is 402 g/mol. The number of nitriles is 1. The summed E-state index contributed by atoms with van der Waals surface area (Å²) in [5, 5.41) is 19.4. The van der Waals surface area contributed by atoms with Crippen LogP contribution >= 0.6 is 23.2 Å². The second-order valence-electron chi connectivity index (χ2n) is 5.78. The Morgan fingerprint density at radius 1 is 1.19 bits per heavy atom. The van der Waals surface area contributed by atoms with Gasteiger partial charge in [0.15, 0.2) is 5.82 Å². The minimum atomic E-state index is 0.430.